The first-order valence-electron chi connectivity index (χ1n) is 9.41. The highest BCUT2D eigenvalue weighted by molar-refractivity contribution is 6.30. The third-order valence-electron chi connectivity index (χ3n) is 5.25. The van der Waals surface area contributed by atoms with Gasteiger partial charge in [-0.25, -0.2) is 0 Å². The molecule has 0 heterocycles. The Morgan fingerprint density at radius 3 is 2.43 bits per heavy atom. The molecule has 1 N–H and O–H groups in total. The van der Waals surface area contributed by atoms with Gasteiger partial charge in [-0.3, -0.25) is 19.7 Å². The zero-order valence-electron chi connectivity index (χ0n) is 16.4. The van der Waals surface area contributed by atoms with Gasteiger partial charge in [0.1, 0.15) is 11.4 Å². The first-order valence-corrected chi connectivity index (χ1v) is 9.79. The van der Waals surface area contributed by atoms with E-state index in [4.69, 9.17) is 21.1 Å². The van der Waals surface area contributed by atoms with Gasteiger partial charge in [-0.1, -0.05) is 36.6 Å². The number of nitro groups is 1. The number of amides is 1. The van der Waals surface area contributed by atoms with Crippen LogP contribution in [0.2, 0.25) is 5.02 Å². The van der Waals surface area contributed by atoms with E-state index in [9.17, 15) is 19.7 Å². The van der Waals surface area contributed by atoms with Gasteiger partial charge in [-0.05, 0) is 42.7 Å². The fraction of sp³-hybridized carbons (Fsp3) is 0.333. The number of anilines is 1. The number of methoxy groups -OCH3 is 1. The lowest BCUT2D eigenvalue weighted by molar-refractivity contribution is -0.384. The molecule has 8 nitrogen and oxygen atoms in total. The summed E-state index contributed by atoms with van der Waals surface area (Å²) in [5.41, 5.74) is -0.324. The standard InChI is InChI=1S/C21H21ClN2O6/c1-29-16-8-9-17(18(12-16)24(27)28)23-19(25)13-30-20(26)21(10-2-3-11-21)14-4-6-15(22)7-5-14/h4-9,12H,2-3,10-11,13H2,1H3,(H,23,25). The summed E-state index contributed by atoms with van der Waals surface area (Å²) in [4.78, 5) is 35.8. The number of esters is 1. The predicted molar refractivity (Wildman–Crippen MR) is 111 cm³/mol. The summed E-state index contributed by atoms with van der Waals surface area (Å²) < 4.78 is 10.3. The van der Waals surface area contributed by atoms with Crippen LogP contribution in [0.3, 0.4) is 0 Å². The summed E-state index contributed by atoms with van der Waals surface area (Å²) in [5, 5.41) is 14.2. The Bertz CT molecular complexity index is 954. The second kappa shape index (κ2) is 9.13. The monoisotopic (exact) mass is 432 g/mol. The molecular formula is C21H21ClN2O6. The van der Waals surface area contributed by atoms with Crippen LogP contribution in [0.5, 0.6) is 5.75 Å². The Labute approximate surface area is 178 Å². The number of carbonyl (C=O) groups is 2. The summed E-state index contributed by atoms with van der Waals surface area (Å²) >= 11 is 5.95. The topological polar surface area (TPSA) is 108 Å². The van der Waals surface area contributed by atoms with Gasteiger partial charge in [-0.2, -0.15) is 0 Å². The molecule has 0 bridgehead atoms. The van der Waals surface area contributed by atoms with E-state index in [1.54, 1.807) is 24.3 Å². The number of nitrogens with one attached hydrogen (secondary N) is 1. The highest BCUT2D eigenvalue weighted by Gasteiger charge is 2.44. The minimum Gasteiger partial charge on any atom is -0.496 e. The predicted octanol–water partition coefficient (Wildman–Crippen LogP) is 4.25. The molecule has 9 heteroatoms. The summed E-state index contributed by atoms with van der Waals surface area (Å²) in [6.45, 7) is -0.544. The van der Waals surface area contributed by atoms with Crippen molar-refractivity contribution >= 4 is 34.9 Å². The number of hydrogen-bond acceptors (Lipinski definition) is 6. The zero-order chi connectivity index (χ0) is 21.7. The van der Waals surface area contributed by atoms with Crippen LogP contribution in [0.1, 0.15) is 31.2 Å². The first kappa shape index (κ1) is 21.6. The van der Waals surface area contributed by atoms with Crippen LogP contribution >= 0.6 is 11.6 Å². The number of nitro benzene ring substituents is 1. The van der Waals surface area contributed by atoms with Gasteiger partial charge in [-0.15, -0.1) is 0 Å². The molecule has 0 saturated heterocycles. The number of hydrogen-bond donors (Lipinski definition) is 1. The van der Waals surface area contributed by atoms with Crippen molar-refractivity contribution in [3.05, 3.63) is 63.2 Å². The van der Waals surface area contributed by atoms with E-state index >= 15 is 0 Å². The van der Waals surface area contributed by atoms with E-state index < -0.39 is 28.8 Å². The lowest BCUT2D eigenvalue weighted by Gasteiger charge is -2.27. The molecule has 158 valence electrons. The van der Waals surface area contributed by atoms with E-state index in [0.717, 1.165) is 18.4 Å². The van der Waals surface area contributed by atoms with Gasteiger partial charge in [0.2, 0.25) is 0 Å². The van der Waals surface area contributed by atoms with Crippen molar-refractivity contribution in [2.24, 2.45) is 0 Å². The second-order valence-electron chi connectivity index (χ2n) is 7.06. The number of rotatable bonds is 7. The van der Waals surface area contributed by atoms with Gasteiger partial charge in [0.05, 0.1) is 23.5 Å². The van der Waals surface area contributed by atoms with Gasteiger partial charge in [0, 0.05) is 5.02 Å². The van der Waals surface area contributed by atoms with Crippen molar-refractivity contribution in [1.29, 1.82) is 0 Å². The molecule has 2 aromatic carbocycles. The molecule has 0 aromatic heterocycles. The summed E-state index contributed by atoms with van der Waals surface area (Å²) in [5.74, 6) is -0.861. The van der Waals surface area contributed by atoms with E-state index in [0.29, 0.717) is 17.9 Å². The summed E-state index contributed by atoms with van der Waals surface area (Å²) in [7, 11) is 1.39. The average Bonchev–Trinajstić information content (AvgIpc) is 3.24. The Morgan fingerprint density at radius 1 is 1.17 bits per heavy atom. The maximum atomic E-state index is 12.9. The number of halogens is 1. The highest BCUT2D eigenvalue weighted by Crippen LogP contribution is 2.42. The van der Waals surface area contributed by atoms with Gasteiger partial charge in [0.25, 0.3) is 11.6 Å². The minimum atomic E-state index is -0.809. The molecule has 0 radical (unpaired) electrons. The Hall–Kier alpha value is -3.13. The number of ether oxygens (including phenoxy) is 2. The molecule has 1 saturated carbocycles. The van der Waals surface area contributed by atoms with Crippen LogP contribution in [0.15, 0.2) is 42.5 Å². The lowest BCUT2D eigenvalue weighted by atomic mass is 9.79. The molecular weight excluding hydrogens is 412 g/mol. The third kappa shape index (κ3) is 4.54. The number of nitrogens with zero attached hydrogens (tertiary/aromatic N) is 1. The SMILES string of the molecule is COc1ccc(NC(=O)COC(=O)C2(c3ccc(Cl)cc3)CCCC2)c([N+](=O)[O-])c1. The Kier molecular flexibility index (Phi) is 6.56. The minimum absolute atomic E-state index is 0.00451. The van der Waals surface area contributed by atoms with Crippen LogP contribution in [0.25, 0.3) is 0 Å². The van der Waals surface area contributed by atoms with Crippen molar-refractivity contribution in [2.75, 3.05) is 19.0 Å². The first-order chi connectivity index (χ1) is 14.4. The van der Waals surface area contributed by atoms with Crippen molar-refractivity contribution in [1.82, 2.24) is 0 Å². The molecule has 1 aliphatic carbocycles. The Morgan fingerprint density at radius 2 is 1.83 bits per heavy atom. The molecule has 0 spiro atoms. The zero-order valence-corrected chi connectivity index (χ0v) is 17.1. The van der Waals surface area contributed by atoms with E-state index in [2.05, 4.69) is 5.32 Å². The van der Waals surface area contributed by atoms with Gasteiger partial charge in [0.15, 0.2) is 6.61 Å². The molecule has 1 fully saturated rings. The van der Waals surface area contributed by atoms with Crippen molar-refractivity contribution in [2.45, 2.75) is 31.1 Å². The van der Waals surface area contributed by atoms with E-state index in [-0.39, 0.29) is 17.1 Å². The average molecular weight is 433 g/mol. The van der Waals surface area contributed by atoms with Crippen LogP contribution in [0.4, 0.5) is 11.4 Å². The maximum Gasteiger partial charge on any atom is 0.317 e. The Balaban J connectivity index is 1.69. The number of benzene rings is 2. The van der Waals surface area contributed by atoms with Crippen molar-refractivity contribution in [3.8, 4) is 5.75 Å². The van der Waals surface area contributed by atoms with Crippen LogP contribution < -0.4 is 10.1 Å². The quantitative estimate of drug-likeness (QED) is 0.398. The normalized spacial score (nSPS) is 14.7. The molecule has 1 aliphatic rings. The van der Waals surface area contributed by atoms with Crippen molar-refractivity contribution in [3.63, 3.8) is 0 Å². The van der Waals surface area contributed by atoms with Gasteiger partial charge >= 0.3 is 5.97 Å². The summed E-state index contributed by atoms with van der Waals surface area (Å²) in [6.07, 6.45) is 3.00. The van der Waals surface area contributed by atoms with Crippen LogP contribution in [0, 0.1) is 10.1 Å². The van der Waals surface area contributed by atoms with E-state index in [1.165, 1.54) is 25.3 Å². The highest BCUT2D eigenvalue weighted by atomic mass is 35.5. The lowest BCUT2D eigenvalue weighted by Crippen LogP contribution is -2.36. The fourth-order valence-corrected chi connectivity index (χ4v) is 3.83. The molecule has 30 heavy (non-hydrogen) atoms. The molecule has 2 aromatic rings. The van der Waals surface area contributed by atoms with Gasteiger partial charge < -0.3 is 14.8 Å². The van der Waals surface area contributed by atoms with Crippen molar-refractivity contribution < 1.29 is 24.0 Å². The van der Waals surface area contributed by atoms with Crippen LogP contribution in [-0.2, 0) is 19.7 Å². The maximum absolute atomic E-state index is 12.9. The van der Waals surface area contributed by atoms with Crippen LogP contribution in [-0.4, -0.2) is 30.5 Å². The number of carbonyl (C=O) groups excluding carboxylic acids is 2. The smallest absolute Gasteiger partial charge is 0.317 e. The fourth-order valence-electron chi connectivity index (χ4n) is 3.71. The molecule has 0 atom stereocenters. The summed E-state index contributed by atoms with van der Waals surface area (Å²) in [6, 6.07) is 11.1. The molecule has 0 aliphatic heterocycles. The largest absolute Gasteiger partial charge is 0.496 e. The third-order valence-corrected chi connectivity index (χ3v) is 5.51. The molecule has 1 amide bonds. The molecule has 3 rings (SSSR count). The second-order valence-corrected chi connectivity index (χ2v) is 7.50. The molecule has 0 unspecified atom stereocenters. The van der Waals surface area contributed by atoms with E-state index in [1.807, 2.05) is 0 Å².